The van der Waals surface area contributed by atoms with Crippen LogP contribution in [0.4, 0.5) is 5.69 Å². The lowest BCUT2D eigenvalue weighted by Gasteiger charge is -2.20. The number of methoxy groups -OCH3 is 1. The Hall–Kier alpha value is -3.31. The summed E-state index contributed by atoms with van der Waals surface area (Å²) in [6.45, 7) is 11.2. The lowest BCUT2D eigenvalue weighted by Crippen LogP contribution is -2.24. The molecule has 9 nitrogen and oxygen atoms in total. The molecule has 1 aliphatic rings. The van der Waals surface area contributed by atoms with E-state index < -0.39 is 22.0 Å². The van der Waals surface area contributed by atoms with Crippen molar-refractivity contribution >= 4 is 38.7 Å². The summed E-state index contributed by atoms with van der Waals surface area (Å²) in [5.74, 6) is 0.311. The molecule has 4 rings (SSSR count). The third-order valence-corrected chi connectivity index (χ3v) is 8.28. The summed E-state index contributed by atoms with van der Waals surface area (Å²) in [6.07, 6.45) is 0.491. The topological polar surface area (TPSA) is 116 Å². The van der Waals surface area contributed by atoms with Crippen molar-refractivity contribution < 1.29 is 17.9 Å². The maximum atomic E-state index is 12.8. The van der Waals surface area contributed by atoms with Crippen molar-refractivity contribution in [2.45, 2.75) is 40.2 Å². The number of anilines is 1. The molecule has 0 saturated carbocycles. The standard InChI is InChI=1S/C24H27N5O4S2/c1-7-18(24(30)33-6)21-22-27-26-15(5)29(22)23-19(13(3)14(4)34-23)20(25-21)16-10-9-11-17(12-16)28-35(31,32)8-2/h8-12,18,21,28H,2,7H2,1,3-6H3/t18-,21?/m1/s1. The molecule has 0 amide bonds. The number of hydrogen-bond acceptors (Lipinski definition) is 8. The Balaban J connectivity index is 2.00. The van der Waals surface area contributed by atoms with Gasteiger partial charge in [0.25, 0.3) is 10.0 Å². The maximum Gasteiger partial charge on any atom is 0.311 e. The normalized spacial score (nSPS) is 15.9. The third kappa shape index (κ3) is 4.41. The number of nitrogens with one attached hydrogen (secondary N) is 1. The molecule has 35 heavy (non-hydrogen) atoms. The van der Waals surface area contributed by atoms with E-state index in [1.54, 1.807) is 29.5 Å². The number of hydrogen-bond donors (Lipinski definition) is 1. The molecule has 184 valence electrons. The van der Waals surface area contributed by atoms with Gasteiger partial charge in [-0.2, -0.15) is 0 Å². The minimum Gasteiger partial charge on any atom is -0.469 e. The minimum atomic E-state index is -3.68. The highest BCUT2D eigenvalue weighted by Crippen LogP contribution is 2.41. The molecule has 1 unspecified atom stereocenters. The van der Waals surface area contributed by atoms with E-state index >= 15 is 0 Å². The van der Waals surface area contributed by atoms with Crippen molar-refractivity contribution in [2.24, 2.45) is 10.9 Å². The van der Waals surface area contributed by atoms with E-state index in [4.69, 9.17) is 9.73 Å². The number of sulfonamides is 1. The monoisotopic (exact) mass is 513 g/mol. The number of carbonyl (C=O) groups is 1. The number of aryl methyl sites for hydroxylation is 2. The zero-order valence-electron chi connectivity index (χ0n) is 20.2. The van der Waals surface area contributed by atoms with Crippen LogP contribution in [0.3, 0.4) is 0 Å². The van der Waals surface area contributed by atoms with E-state index in [0.717, 1.165) is 26.4 Å². The molecule has 1 N–H and O–H groups in total. The Morgan fingerprint density at radius 3 is 2.71 bits per heavy atom. The molecule has 2 atom stereocenters. The summed E-state index contributed by atoms with van der Waals surface area (Å²) < 4.78 is 33.7. The molecule has 0 bridgehead atoms. The smallest absolute Gasteiger partial charge is 0.311 e. The largest absolute Gasteiger partial charge is 0.469 e. The van der Waals surface area contributed by atoms with Gasteiger partial charge < -0.3 is 4.74 Å². The van der Waals surface area contributed by atoms with Crippen LogP contribution in [0, 0.1) is 26.7 Å². The van der Waals surface area contributed by atoms with Gasteiger partial charge >= 0.3 is 5.97 Å². The van der Waals surface area contributed by atoms with Crippen LogP contribution in [-0.2, 0) is 19.6 Å². The third-order valence-electron chi connectivity index (χ3n) is 6.13. The molecule has 0 spiro atoms. The van der Waals surface area contributed by atoms with Gasteiger partial charge in [-0.05, 0) is 44.9 Å². The Morgan fingerprint density at radius 1 is 1.31 bits per heavy atom. The average molecular weight is 514 g/mol. The lowest BCUT2D eigenvalue weighted by molar-refractivity contribution is -0.146. The molecule has 0 aliphatic carbocycles. The zero-order chi connectivity index (χ0) is 25.5. The Morgan fingerprint density at radius 2 is 2.06 bits per heavy atom. The number of aromatic nitrogens is 3. The molecule has 1 aliphatic heterocycles. The SMILES string of the molecule is C=CS(=O)(=O)Nc1cccc(C2=NC([C@@H](CC)C(=O)OC)c3nnc(C)n3-c3sc(C)c(C)c32)c1. The van der Waals surface area contributed by atoms with Crippen molar-refractivity contribution in [3.8, 4) is 5.00 Å². The van der Waals surface area contributed by atoms with Crippen LogP contribution in [0.15, 0.2) is 41.2 Å². The quantitative estimate of drug-likeness (QED) is 0.473. The number of ether oxygens (including phenoxy) is 1. The first-order chi connectivity index (χ1) is 16.6. The highest BCUT2D eigenvalue weighted by Gasteiger charge is 2.38. The van der Waals surface area contributed by atoms with Crippen LogP contribution in [0.5, 0.6) is 0 Å². The highest BCUT2D eigenvalue weighted by atomic mass is 32.2. The number of rotatable bonds is 7. The number of carbonyl (C=O) groups excluding carboxylic acids is 1. The minimum absolute atomic E-state index is 0.376. The van der Waals surface area contributed by atoms with E-state index in [1.165, 1.54) is 7.11 Å². The van der Waals surface area contributed by atoms with Crippen LogP contribution in [0.25, 0.3) is 5.00 Å². The summed E-state index contributed by atoms with van der Waals surface area (Å²) in [7, 11) is -2.32. The summed E-state index contributed by atoms with van der Waals surface area (Å²) in [6, 6.07) is 6.38. The molecule has 1 aromatic carbocycles. The van der Waals surface area contributed by atoms with E-state index in [0.29, 0.717) is 35.0 Å². The van der Waals surface area contributed by atoms with Crippen molar-refractivity contribution in [2.75, 3.05) is 11.8 Å². The first kappa shape index (κ1) is 24.8. The fourth-order valence-electron chi connectivity index (χ4n) is 4.22. The van der Waals surface area contributed by atoms with Gasteiger partial charge in [-0.1, -0.05) is 25.6 Å². The van der Waals surface area contributed by atoms with E-state index in [2.05, 4.69) is 21.5 Å². The Bertz CT molecular complexity index is 1450. The van der Waals surface area contributed by atoms with Gasteiger partial charge in [0.1, 0.15) is 16.9 Å². The van der Waals surface area contributed by atoms with Gasteiger partial charge in [0.2, 0.25) is 0 Å². The molecule has 0 saturated heterocycles. The molecular formula is C24H27N5O4S2. The molecule has 3 aromatic rings. The summed E-state index contributed by atoms with van der Waals surface area (Å²) in [4.78, 5) is 19.0. The predicted octanol–water partition coefficient (Wildman–Crippen LogP) is 4.23. The number of fused-ring (bicyclic) bond motifs is 3. The Kier molecular flexibility index (Phi) is 6.65. The van der Waals surface area contributed by atoms with Gasteiger partial charge in [0.05, 0.1) is 18.7 Å². The maximum absolute atomic E-state index is 12.8. The van der Waals surface area contributed by atoms with Gasteiger partial charge in [-0.25, -0.2) is 8.42 Å². The number of esters is 1. The Labute approximate surface area is 208 Å². The average Bonchev–Trinajstić information content (AvgIpc) is 3.30. The van der Waals surface area contributed by atoms with E-state index in [-0.39, 0.29) is 5.97 Å². The fourth-order valence-corrected chi connectivity index (χ4v) is 5.98. The molecule has 11 heteroatoms. The molecule has 0 radical (unpaired) electrons. The van der Waals surface area contributed by atoms with Crippen LogP contribution in [0.1, 0.15) is 52.6 Å². The number of nitrogens with zero attached hydrogens (tertiary/aromatic N) is 4. The van der Waals surface area contributed by atoms with Crippen LogP contribution in [0.2, 0.25) is 0 Å². The summed E-state index contributed by atoms with van der Waals surface area (Å²) >= 11 is 1.60. The lowest BCUT2D eigenvalue weighted by atomic mass is 9.95. The molecule has 0 fully saturated rings. The number of benzene rings is 1. The second kappa shape index (κ2) is 9.38. The van der Waals surface area contributed by atoms with Crippen molar-refractivity contribution in [3.63, 3.8) is 0 Å². The summed E-state index contributed by atoms with van der Waals surface area (Å²) in [5, 5.41) is 10.5. The van der Waals surface area contributed by atoms with Crippen LogP contribution in [-0.4, -0.2) is 42.0 Å². The number of aliphatic imine (C=N–C) groups is 1. The van der Waals surface area contributed by atoms with Crippen LogP contribution < -0.4 is 4.72 Å². The van der Waals surface area contributed by atoms with Crippen LogP contribution >= 0.6 is 11.3 Å². The zero-order valence-corrected chi connectivity index (χ0v) is 21.8. The van der Waals surface area contributed by atoms with Gasteiger partial charge in [-0.3, -0.25) is 19.1 Å². The first-order valence-electron chi connectivity index (χ1n) is 11.1. The van der Waals surface area contributed by atoms with Gasteiger partial charge in [0, 0.05) is 27.1 Å². The second-order valence-corrected chi connectivity index (χ2v) is 11.1. The molecule has 3 heterocycles. The van der Waals surface area contributed by atoms with Gasteiger partial charge in [-0.15, -0.1) is 21.5 Å². The highest BCUT2D eigenvalue weighted by molar-refractivity contribution is 7.95. The molecule has 2 aromatic heterocycles. The van der Waals surface area contributed by atoms with Crippen molar-refractivity contribution in [1.29, 1.82) is 0 Å². The molecular weight excluding hydrogens is 486 g/mol. The number of thiophene rings is 1. The summed E-state index contributed by atoms with van der Waals surface area (Å²) in [5.41, 5.74) is 3.69. The predicted molar refractivity (Wildman–Crippen MR) is 137 cm³/mol. The van der Waals surface area contributed by atoms with Gasteiger partial charge in [0.15, 0.2) is 5.82 Å². The first-order valence-corrected chi connectivity index (χ1v) is 13.4. The van der Waals surface area contributed by atoms with E-state index in [1.807, 2.05) is 38.3 Å². The van der Waals surface area contributed by atoms with Crippen molar-refractivity contribution in [3.05, 3.63) is 69.5 Å². The second-order valence-electron chi connectivity index (χ2n) is 8.26. The fraction of sp³-hybridized carbons (Fsp3) is 0.333. The van der Waals surface area contributed by atoms with E-state index in [9.17, 15) is 13.2 Å². The van der Waals surface area contributed by atoms with Crippen molar-refractivity contribution in [1.82, 2.24) is 14.8 Å².